The van der Waals surface area contributed by atoms with Crippen molar-refractivity contribution in [3.8, 4) is 0 Å². The third-order valence-electron chi connectivity index (χ3n) is 1.75. The van der Waals surface area contributed by atoms with E-state index in [1.54, 1.807) is 0 Å². The van der Waals surface area contributed by atoms with E-state index in [0.717, 1.165) is 6.08 Å². The molecule has 0 rings (SSSR count). The molecule has 0 fully saturated rings. The first kappa shape index (κ1) is 23.2. The van der Waals surface area contributed by atoms with Crippen molar-refractivity contribution in [3.05, 3.63) is 12.7 Å². The zero-order valence-corrected chi connectivity index (χ0v) is 13.0. The number of hydrogen-bond donors (Lipinski definition) is 4. The standard InChI is InChI=1S/C5H8O5S.C4H6O7S/c1-2-5(6)10-3-4-11(7,8)9;5-3(6)1-2(4(7)8)12(9,10)11/h2H,1,3-4H2,(H,7,8,9);2H,1H2,(H,5,6)(H,7,8)(H,9,10,11). The number of esters is 1. The highest BCUT2D eigenvalue weighted by Crippen LogP contribution is 2.04. The maximum absolute atomic E-state index is 10.3. The predicted octanol–water partition coefficient (Wildman–Crippen LogP) is -1.59. The number of carboxylic acid groups (broad SMARTS) is 2. The van der Waals surface area contributed by atoms with Crippen LogP contribution in [-0.2, 0) is 39.4 Å². The van der Waals surface area contributed by atoms with Gasteiger partial charge in [0.2, 0.25) is 0 Å². The van der Waals surface area contributed by atoms with E-state index in [-0.39, 0.29) is 6.61 Å². The molecule has 14 heteroatoms. The summed E-state index contributed by atoms with van der Waals surface area (Å²) in [7, 11) is -8.88. The van der Waals surface area contributed by atoms with Gasteiger partial charge in [0.25, 0.3) is 20.2 Å². The van der Waals surface area contributed by atoms with Gasteiger partial charge < -0.3 is 14.9 Å². The zero-order chi connectivity index (χ0) is 18.8. The zero-order valence-electron chi connectivity index (χ0n) is 11.4. The largest absolute Gasteiger partial charge is 0.481 e. The Morgan fingerprint density at radius 2 is 1.57 bits per heavy atom. The van der Waals surface area contributed by atoms with E-state index in [9.17, 15) is 31.2 Å². The van der Waals surface area contributed by atoms with Crippen molar-refractivity contribution in [2.45, 2.75) is 11.7 Å². The molecule has 0 aromatic carbocycles. The normalized spacial score (nSPS) is 12.3. The van der Waals surface area contributed by atoms with Crippen molar-refractivity contribution in [2.24, 2.45) is 0 Å². The minimum absolute atomic E-state index is 0.357. The summed E-state index contributed by atoms with van der Waals surface area (Å²) in [5, 5.41) is 13.9. The molecule has 0 spiro atoms. The molecule has 12 nitrogen and oxygen atoms in total. The van der Waals surface area contributed by atoms with Crippen LogP contribution in [0.5, 0.6) is 0 Å². The second-order valence-corrected chi connectivity index (χ2v) is 6.77. The average molecular weight is 378 g/mol. The number of hydrogen-bond acceptors (Lipinski definition) is 8. The summed E-state index contributed by atoms with van der Waals surface area (Å²) in [6, 6.07) is 0. The SMILES string of the molecule is C=CC(=O)OCCS(=O)(=O)O.O=C(O)CC(C(=O)O)S(=O)(=O)O. The summed E-state index contributed by atoms with van der Waals surface area (Å²) >= 11 is 0. The summed E-state index contributed by atoms with van der Waals surface area (Å²) in [6.45, 7) is 2.73. The molecule has 1 atom stereocenters. The highest BCUT2D eigenvalue weighted by atomic mass is 32.2. The topological polar surface area (TPSA) is 210 Å². The molecular formula is C9H14O12S2. The van der Waals surface area contributed by atoms with Crippen LogP contribution in [0.25, 0.3) is 0 Å². The molecule has 0 amide bonds. The van der Waals surface area contributed by atoms with Crippen LogP contribution in [0.3, 0.4) is 0 Å². The number of carboxylic acids is 2. The molecule has 134 valence electrons. The third-order valence-corrected chi connectivity index (χ3v) is 3.52. The van der Waals surface area contributed by atoms with Gasteiger partial charge in [-0.15, -0.1) is 0 Å². The summed E-state index contributed by atoms with van der Waals surface area (Å²) < 4.78 is 61.2. The molecule has 0 aliphatic rings. The number of rotatable bonds is 8. The molecule has 0 aromatic heterocycles. The van der Waals surface area contributed by atoms with Crippen molar-refractivity contribution in [2.75, 3.05) is 12.4 Å². The lowest BCUT2D eigenvalue weighted by Crippen LogP contribution is -2.31. The molecule has 0 saturated heterocycles. The third kappa shape index (κ3) is 14.7. The number of ether oxygens (including phenoxy) is 1. The van der Waals surface area contributed by atoms with E-state index < -0.39 is 55.6 Å². The lowest BCUT2D eigenvalue weighted by molar-refractivity contribution is -0.143. The molecule has 4 N–H and O–H groups in total. The van der Waals surface area contributed by atoms with Gasteiger partial charge >= 0.3 is 17.9 Å². The first-order valence-corrected chi connectivity index (χ1v) is 8.47. The van der Waals surface area contributed by atoms with E-state index in [4.69, 9.17) is 19.3 Å². The highest BCUT2D eigenvalue weighted by Gasteiger charge is 2.33. The van der Waals surface area contributed by atoms with Crippen molar-refractivity contribution >= 4 is 38.1 Å². The number of carbonyl (C=O) groups excluding carboxylic acids is 1. The van der Waals surface area contributed by atoms with Gasteiger partial charge in [-0.3, -0.25) is 18.7 Å². The van der Waals surface area contributed by atoms with Gasteiger partial charge in [-0.05, 0) is 0 Å². The maximum Gasteiger partial charge on any atom is 0.330 e. The van der Waals surface area contributed by atoms with Crippen LogP contribution in [0, 0.1) is 0 Å². The van der Waals surface area contributed by atoms with E-state index >= 15 is 0 Å². The second kappa shape index (κ2) is 9.88. The van der Waals surface area contributed by atoms with E-state index in [1.165, 1.54) is 0 Å². The fourth-order valence-corrected chi connectivity index (χ4v) is 1.69. The molecule has 1 unspecified atom stereocenters. The van der Waals surface area contributed by atoms with Crippen molar-refractivity contribution in [3.63, 3.8) is 0 Å². The Hall–Kier alpha value is -2.03. The van der Waals surface area contributed by atoms with Crippen molar-refractivity contribution in [1.82, 2.24) is 0 Å². The summed E-state index contributed by atoms with van der Waals surface area (Å²) in [6.07, 6.45) is -0.252. The van der Waals surface area contributed by atoms with Crippen LogP contribution >= 0.6 is 0 Å². The Morgan fingerprint density at radius 3 is 1.78 bits per heavy atom. The van der Waals surface area contributed by atoms with Crippen LogP contribution in [0.2, 0.25) is 0 Å². The molecule has 0 bridgehead atoms. The summed E-state index contributed by atoms with van der Waals surface area (Å²) in [4.78, 5) is 30.3. The van der Waals surface area contributed by atoms with Gasteiger partial charge in [-0.25, -0.2) is 4.79 Å². The first-order chi connectivity index (χ1) is 10.2. The number of aliphatic carboxylic acids is 2. The summed E-state index contributed by atoms with van der Waals surface area (Å²) in [5.74, 6) is -4.80. The predicted molar refractivity (Wildman–Crippen MR) is 72.8 cm³/mol. The Morgan fingerprint density at radius 1 is 1.09 bits per heavy atom. The minimum atomic E-state index is -4.84. The molecule has 0 radical (unpaired) electrons. The van der Waals surface area contributed by atoms with Gasteiger partial charge in [0.1, 0.15) is 12.4 Å². The molecule has 0 saturated carbocycles. The van der Waals surface area contributed by atoms with Crippen LogP contribution in [0.15, 0.2) is 12.7 Å². The monoisotopic (exact) mass is 378 g/mol. The molecule has 0 aliphatic heterocycles. The number of carbonyl (C=O) groups is 3. The fraction of sp³-hybridized carbons (Fsp3) is 0.444. The second-order valence-electron chi connectivity index (χ2n) is 3.60. The van der Waals surface area contributed by atoms with Gasteiger partial charge in [-0.2, -0.15) is 16.8 Å². The minimum Gasteiger partial charge on any atom is -0.481 e. The Balaban J connectivity index is 0. The molecule has 23 heavy (non-hydrogen) atoms. The highest BCUT2D eigenvalue weighted by molar-refractivity contribution is 7.87. The van der Waals surface area contributed by atoms with Gasteiger partial charge in [0.15, 0.2) is 5.25 Å². The van der Waals surface area contributed by atoms with Gasteiger partial charge in [0.05, 0.1) is 6.42 Å². The van der Waals surface area contributed by atoms with Crippen LogP contribution < -0.4 is 0 Å². The Labute approximate surface area is 130 Å². The first-order valence-electron chi connectivity index (χ1n) is 5.36. The molecular weight excluding hydrogens is 364 g/mol. The van der Waals surface area contributed by atoms with Crippen molar-refractivity contribution in [1.29, 1.82) is 0 Å². The van der Waals surface area contributed by atoms with Crippen LogP contribution in [0.4, 0.5) is 0 Å². The van der Waals surface area contributed by atoms with Crippen LogP contribution in [0.1, 0.15) is 6.42 Å². The average Bonchev–Trinajstić information content (AvgIpc) is 2.33. The quantitative estimate of drug-likeness (QED) is 0.214. The molecule has 0 aromatic rings. The maximum atomic E-state index is 10.3. The molecule has 0 aliphatic carbocycles. The van der Waals surface area contributed by atoms with E-state index in [0.29, 0.717) is 0 Å². The van der Waals surface area contributed by atoms with Gasteiger partial charge in [-0.1, -0.05) is 6.58 Å². The Kier molecular flexibility index (Phi) is 9.98. The summed E-state index contributed by atoms with van der Waals surface area (Å²) in [5.41, 5.74) is 0. The van der Waals surface area contributed by atoms with Gasteiger partial charge in [0, 0.05) is 6.08 Å². The molecule has 0 heterocycles. The smallest absolute Gasteiger partial charge is 0.330 e. The van der Waals surface area contributed by atoms with E-state index in [2.05, 4.69) is 11.3 Å². The van der Waals surface area contributed by atoms with E-state index in [1.807, 2.05) is 0 Å². The van der Waals surface area contributed by atoms with Crippen molar-refractivity contribution < 1.29 is 55.3 Å². The fourth-order valence-electron chi connectivity index (χ4n) is 0.785. The lowest BCUT2D eigenvalue weighted by Gasteiger charge is -2.04. The Bertz CT molecular complexity index is 644. The van der Waals surface area contributed by atoms with Crippen LogP contribution in [-0.4, -0.2) is 71.7 Å². The lowest BCUT2D eigenvalue weighted by atomic mass is 10.3.